The number of carbonyl (C=O) groups excluding carboxylic acids is 1. The van der Waals surface area contributed by atoms with Gasteiger partial charge in [-0.1, -0.05) is 46.5 Å². The summed E-state index contributed by atoms with van der Waals surface area (Å²) >= 11 is 0. The van der Waals surface area contributed by atoms with Crippen molar-refractivity contribution in [2.45, 2.75) is 129 Å². The minimum absolute atomic E-state index is 0.0238. The molecule has 4 heteroatoms. The summed E-state index contributed by atoms with van der Waals surface area (Å²) in [5.74, 6) is 2.45. The van der Waals surface area contributed by atoms with E-state index in [9.17, 15) is 15.0 Å². The fourth-order valence-electron chi connectivity index (χ4n) is 9.57. The summed E-state index contributed by atoms with van der Waals surface area (Å²) in [5, 5.41) is 22.9. The Morgan fingerprint density at radius 3 is 2.41 bits per heavy atom. The van der Waals surface area contributed by atoms with Crippen molar-refractivity contribution >= 4 is 6.47 Å². The number of fused-ring (bicyclic) bond motifs is 5. The Bertz CT molecular complexity index is 662. The van der Waals surface area contributed by atoms with Crippen LogP contribution in [0.25, 0.3) is 0 Å². The Morgan fingerprint density at radius 2 is 1.69 bits per heavy atom. The molecule has 2 N–H and O–H groups in total. The molecule has 184 valence electrons. The van der Waals surface area contributed by atoms with E-state index in [4.69, 9.17) is 4.74 Å². The Kier molecular flexibility index (Phi) is 7.05. The summed E-state index contributed by atoms with van der Waals surface area (Å²) in [5.41, 5.74) is -0.239. The van der Waals surface area contributed by atoms with Crippen LogP contribution in [-0.4, -0.2) is 34.5 Å². The number of aliphatic hydroxyl groups excluding tert-OH is 1. The molecule has 0 heterocycles. The van der Waals surface area contributed by atoms with Gasteiger partial charge in [0.2, 0.25) is 0 Å². The number of carbonyl (C=O) groups is 1. The van der Waals surface area contributed by atoms with Crippen molar-refractivity contribution in [3.05, 3.63) is 0 Å². The van der Waals surface area contributed by atoms with Gasteiger partial charge in [-0.05, 0) is 105 Å². The second-order valence-electron chi connectivity index (χ2n) is 12.8. The van der Waals surface area contributed by atoms with Crippen LogP contribution in [0.4, 0.5) is 0 Å². The molecule has 0 radical (unpaired) electrons. The van der Waals surface area contributed by atoms with Gasteiger partial charge in [0.25, 0.3) is 6.47 Å². The van der Waals surface area contributed by atoms with Gasteiger partial charge in [-0.25, -0.2) is 0 Å². The zero-order valence-corrected chi connectivity index (χ0v) is 21.0. The number of rotatable bonds is 8. The molecule has 4 nitrogen and oxygen atoms in total. The van der Waals surface area contributed by atoms with E-state index < -0.39 is 5.60 Å². The first-order chi connectivity index (χ1) is 15.2. The third-order valence-electron chi connectivity index (χ3n) is 11.2. The van der Waals surface area contributed by atoms with Gasteiger partial charge in [-0.2, -0.15) is 0 Å². The zero-order valence-electron chi connectivity index (χ0n) is 21.0. The van der Waals surface area contributed by atoms with Crippen molar-refractivity contribution in [2.24, 2.45) is 40.4 Å². The molecule has 0 bridgehead atoms. The standard InChI is InChI=1S/C28H48O4/c1-5-6-7-8-13-28(4,31)25-10-9-21-20-17-24(30)23-16-19(32-18-29)11-14-26(23,2)22(20)12-15-27(21,25)3/h18-25,30-31H,5-17H2,1-4H3/t19?,20?,21?,22-,23?,24-,25?,26?,27?,28-/m0/s1. The number of hydrogen-bond donors (Lipinski definition) is 2. The maximum Gasteiger partial charge on any atom is 0.293 e. The third-order valence-corrected chi connectivity index (χ3v) is 11.2. The van der Waals surface area contributed by atoms with Crippen molar-refractivity contribution < 1.29 is 19.7 Å². The van der Waals surface area contributed by atoms with Crippen LogP contribution in [0.15, 0.2) is 0 Å². The summed E-state index contributed by atoms with van der Waals surface area (Å²) in [6.45, 7) is 9.84. The molecule has 0 spiro atoms. The van der Waals surface area contributed by atoms with E-state index in [0.717, 1.165) is 44.9 Å². The molecule has 0 aliphatic heterocycles. The lowest BCUT2D eigenvalue weighted by molar-refractivity contribution is -0.183. The second kappa shape index (κ2) is 9.21. The van der Waals surface area contributed by atoms with Gasteiger partial charge in [0, 0.05) is 0 Å². The minimum atomic E-state index is -0.575. The average molecular weight is 449 g/mol. The van der Waals surface area contributed by atoms with E-state index in [2.05, 4.69) is 27.7 Å². The number of unbranched alkanes of at least 4 members (excludes halogenated alkanes) is 3. The molecule has 4 fully saturated rings. The first-order valence-electron chi connectivity index (χ1n) is 13.7. The second-order valence-corrected chi connectivity index (χ2v) is 12.8. The van der Waals surface area contributed by atoms with E-state index >= 15 is 0 Å². The summed E-state index contributed by atoms with van der Waals surface area (Å²) in [7, 11) is 0. The summed E-state index contributed by atoms with van der Waals surface area (Å²) in [6, 6.07) is 0. The molecular weight excluding hydrogens is 400 g/mol. The zero-order chi connectivity index (χ0) is 23.1. The molecule has 32 heavy (non-hydrogen) atoms. The molecule has 0 amide bonds. The SMILES string of the molecule is CCCCCC[C@](C)(O)C1CCC2C3C[C@H](O)C4CC(OC=O)CCC4(C)[C@H]3CCC21C. The van der Waals surface area contributed by atoms with Crippen LogP contribution in [-0.2, 0) is 9.53 Å². The number of aliphatic hydroxyl groups is 2. The molecule has 0 aromatic carbocycles. The Balaban J connectivity index is 1.50. The number of ether oxygens (including phenoxy) is 1. The molecule has 4 rings (SSSR count). The van der Waals surface area contributed by atoms with Gasteiger partial charge in [0.05, 0.1) is 11.7 Å². The van der Waals surface area contributed by atoms with E-state index in [-0.39, 0.29) is 29.0 Å². The van der Waals surface area contributed by atoms with Gasteiger partial charge in [-0.3, -0.25) is 4.79 Å². The van der Waals surface area contributed by atoms with Crippen LogP contribution >= 0.6 is 0 Å². The van der Waals surface area contributed by atoms with Crippen molar-refractivity contribution in [1.82, 2.24) is 0 Å². The first kappa shape index (κ1) is 24.5. The molecular formula is C28H48O4. The Morgan fingerprint density at radius 1 is 0.969 bits per heavy atom. The van der Waals surface area contributed by atoms with Crippen molar-refractivity contribution in [2.75, 3.05) is 0 Å². The smallest absolute Gasteiger partial charge is 0.293 e. The highest BCUT2D eigenvalue weighted by Gasteiger charge is 2.63. The lowest BCUT2D eigenvalue weighted by Crippen LogP contribution is -2.59. The summed E-state index contributed by atoms with van der Waals surface area (Å²) in [4.78, 5) is 10.9. The van der Waals surface area contributed by atoms with E-state index in [0.29, 0.717) is 30.1 Å². The molecule has 0 aromatic rings. The molecule has 0 saturated heterocycles. The van der Waals surface area contributed by atoms with Crippen molar-refractivity contribution in [3.63, 3.8) is 0 Å². The Hall–Kier alpha value is -0.610. The van der Waals surface area contributed by atoms with E-state index in [1.165, 1.54) is 38.5 Å². The highest BCUT2D eigenvalue weighted by Crippen LogP contribution is 2.68. The van der Waals surface area contributed by atoms with Crippen LogP contribution in [0.2, 0.25) is 0 Å². The van der Waals surface area contributed by atoms with Gasteiger partial charge in [-0.15, -0.1) is 0 Å². The van der Waals surface area contributed by atoms with Gasteiger partial charge < -0.3 is 14.9 Å². The maximum absolute atomic E-state index is 11.6. The first-order valence-corrected chi connectivity index (χ1v) is 13.7. The van der Waals surface area contributed by atoms with Crippen molar-refractivity contribution in [3.8, 4) is 0 Å². The highest BCUT2D eigenvalue weighted by molar-refractivity contribution is 5.37. The van der Waals surface area contributed by atoms with Crippen LogP contribution in [0.3, 0.4) is 0 Å². The predicted molar refractivity (Wildman–Crippen MR) is 127 cm³/mol. The lowest BCUT2D eigenvalue weighted by Gasteiger charge is -2.62. The predicted octanol–water partition coefficient (Wildman–Crippen LogP) is 5.88. The van der Waals surface area contributed by atoms with Crippen LogP contribution < -0.4 is 0 Å². The molecule has 4 saturated carbocycles. The maximum atomic E-state index is 11.6. The Labute approximate surface area is 195 Å². The van der Waals surface area contributed by atoms with Crippen LogP contribution in [0.1, 0.15) is 111 Å². The minimum Gasteiger partial charge on any atom is -0.465 e. The molecule has 10 atom stereocenters. The van der Waals surface area contributed by atoms with E-state index in [1.54, 1.807) is 0 Å². The molecule has 4 aliphatic rings. The largest absolute Gasteiger partial charge is 0.465 e. The van der Waals surface area contributed by atoms with E-state index in [1.807, 2.05) is 0 Å². The monoisotopic (exact) mass is 448 g/mol. The van der Waals surface area contributed by atoms with Gasteiger partial charge >= 0.3 is 0 Å². The van der Waals surface area contributed by atoms with Crippen molar-refractivity contribution in [1.29, 1.82) is 0 Å². The number of hydrogen-bond acceptors (Lipinski definition) is 4. The quantitative estimate of drug-likeness (QED) is 0.359. The molecule has 0 aromatic heterocycles. The fraction of sp³-hybridized carbons (Fsp3) is 0.964. The highest BCUT2D eigenvalue weighted by atomic mass is 16.5. The van der Waals surface area contributed by atoms with Gasteiger partial charge in [0.15, 0.2) is 0 Å². The molecule has 4 aliphatic carbocycles. The lowest BCUT2D eigenvalue weighted by atomic mass is 9.43. The average Bonchev–Trinajstić information content (AvgIpc) is 3.11. The van der Waals surface area contributed by atoms with Crippen LogP contribution in [0, 0.1) is 40.4 Å². The summed E-state index contributed by atoms with van der Waals surface area (Å²) in [6.07, 6.45) is 13.9. The van der Waals surface area contributed by atoms with Crippen LogP contribution in [0.5, 0.6) is 0 Å². The van der Waals surface area contributed by atoms with Gasteiger partial charge in [0.1, 0.15) is 6.10 Å². The fourth-order valence-corrected chi connectivity index (χ4v) is 9.57. The topological polar surface area (TPSA) is 66.8 Å². The molecule has 7 unspecified atom stereocenters. The summed E-state index contributed by atoms with van der Waals surface area (Å²) < 4.78 is 5.33. The normalized spacial score (nSPS) is 47.6. The third kappa shape index (κ3) is 4.06.